The molecule has 1 saturated heterocycles. The van der Waals surface area contributed by atoms with Gasteiger partial charge in [-0.05, 0) is 38.8 Å². The molecule has 3 heterocycles. The molecule has 1 aliphatic heterocycles. The van der Waals surface area contributed by atoms with Crippen LogP contribution in [0.4, 0.5) is 4.79 Å². The summed E-state index contributed by atoms with van der Waals surface area (Å²) < 4.78 is 5.62. The lowest BCUT2D eigenvalue weighted by Gasteiger charge is -2.32. The minimum atomic E-state index is -0.590. The van der Waals surface area contributed by atoms with Crippen molar-refractivity contribution in [1.29, 1.82) is 0 Å². The van der Waals surface area contributed by atoms with E-state index in [1.807, 2.05) is 58.2 Å². The van der Waals surface area contributed by atoms with Gasteiger partial charge in [0.15, 0.2) is 0 Å². The molecule has 0 bridgehead atoms. The van der Waals surface area contributed by atoms with Crippen LogP contribution in [0.15, 0.2) is 29.8 Å². The summed E-state index contributed by atoms with van der Waals surface area (Å²) in [7, 11) is 0. The van der Waals surface area contributed by atoms with Gasteiger partial charge < -0.3 is 14.5 Å². The molecule has 0 aliphatic carbocycles. The first-order valence-electron chi connectivity index (χ1n) is 10.3. The van der Waals surface area contributed by atoms with Crippen molar-refractivity contribution >= 4 is 23.3 Å². The van der Waals surface area contributed by atoms with Crippen LogP contribution in [0.25, 0.3) is 10.7 Å². The number of carbonyl (C=O) groups is 2. The van der Waals surface area contributed by atoms with E-state index in [-0.39, 0.29) is 17.9 Å². The summed E-state index contributed by atoms with van der Waals surface area (Å²) in [5.74, 6) is -0.322. The number of hydrogen-bond donors (Lipinski definition) is 0. The normalized spacial score (nSPS) is 16.6. The predicted octanol–water partition coefficient (Wildman–Crippen LogP) is 4.20. The van der Waals surface area contributed by atoms with Crippen LogP contribution in [-0.2, 0) is 16.1 Å². The molecule has 162 valence electrons. The van der Waals surface area contributed by atoms with Gasteiger partial charge in [0.1, 0.15) is 16.7 Å². The van der Waals surface area contributed by atoms with Gasteiger partial charge in [-0.1, -0.05) is 26.3 Å². The molecule has 1 aliphatic rings. The molecule has 2 aromatic heterocycles. The van der Waals surface area contributed by atoms with E-state index in [0.717, 1.165) is 22.8 Å². The van der Waals surface area contributed by atoms with Crippen molar-refractivity contribution in [2.24, 2.45) is 5.92 Å². The summed E-state index contributed by atoms with van der Waals surface area (Å²) in [6.45, 7) is 11.0. The summed E-state index contributed by atoms with van der Waals surface area (Å²) in [6, 6.07) is 5.00. The topological polar surface area (TPSA) is 75.6 Å². The van der Waals surface area contributed by atoms with Crippen LogP contribution in [0, 0.1) is 5.92 Å². The van der Waals surface area contributed by atoms with Gasteiger partial charge in [-0.25, -0.2) is 14.6 Å². The number of aromatic nitrogens is 2. The molecule has 0 saturated carbocycles. The summed E-state index contributed by atoms with van der Waals surface area (Å²) in [5, 5.41) is 2.79. The van der Waals surface area contributed by atoms with E-state index in [2.05, 4.69) is 9.97 Å². The van der Waals surface area contributed by atoms with Crippen LogP contribution < -0.4 is 0 Å². The van der Waals surface area contributed by atoms with Gasteiger partial charge >= 0.3 is 12.0 Å². The Morgan fingerprint density at radius 2 is 2.07 bits per heavy atom. The Balaban J connectivity index is 1.71. The second-order valence-electron chi connectivity index (χ2n) is 8.62. The first-order valence-corrected chi connectivity index (χ1v) is 11.2. The Hall–Kier alpha value is -2.48. The third-order valence-electron chi connectivity index (χ3n) is 5.08. The molecule has 0 radical (unpaired) electrons. The number of esters is 1. The van der Waals surface area contributed by atoms with Crippen LogP contribution >= 0.6 is 11.3 Å². The van der Waals surface area contributed by atoms with E-state index in [4.69, 9.17) is 4.74 Å². The molecule has 2 atom stereocenters. The van der Waals surface area contributed by atoms with E-state index in [1.165, 1.54) is 11.3 Å². The predicted molar refractivity (Wildman–Crippen MR) is 117 cm³/mol. The van der Waals surface area contributed by atoms with Gasteiger partial charge in [-0.2, -0.15) is 0 Å². The molecule has 2 aromatic rings. The molecule has 3 rings (SSSR count). The van der Waals surface area contributed by atoms with E-state index < -0.39 is 11.6 Å². The maximum absolute atomic E-state index is 13.1. The highest BCUT2D eigenvalue weighted by molar-refractivity contribution is 7.13. The Labute approximate surface area is 182 Å². The molecular weight excluding hydrogens is 400 g/mol. The average molecular weight is 431 g/mol. The summed E-state index contributed by atoms with van der Waals surface area (Å²) in [4.78, 5) is 38.4. The monoisotopic (exact) mass is 430 g/mol. The summed E-state index contributed by atoms with van der Waals surface area (Å²) in [6.07, 6.45) is 2.52. The van der Waals surface area contributed by atoms with Crippen LogP contribution in [0.5, 0.6) is 0 Å². The van der Waals surface area contributed by atoms with Crippen LogP contribution in [0.1, 0.15) is 46.7 Å². The average Bonchev–Trinajstić information content (AvgIpc) is 3.30. The molecule has 7 nitrogen and oxygen atoms in total. The van der Waals surface area contributed by atoms with Crippen LogP contribution in [0.3, 0.4) is 0 Å². The molecule has 8 heteroatoms. The molecule has 0 N–H and O–H groups in total. The molecule has 0 spiro atoms. The van der Waals surface area contributed by atoms with Crippen molar-refractivity contribution in [3.63, 3.8) is 0 Å². The second-order valence-corrected chi connectivity index (χ2v) is 9.48. The highest BCUT2D eigenvalue weighted by Gasteiger charge is 2.41. The molecule has 2 amide bonds. The SMILES string of the molecule is CC[C@H](C)[C@@H](C(=O)OC(C)(C)C)N1CCN(Cc2csc(-c3ccccn3)n2)C1=O. The third kappa shape index (κ3) is 5.16. The number of carbonyl (C=O) groups excluding carboxylic acids is 2. The van der Waals surface area contributed by atoms with Crippen molar-refractivity contribution < 1.29 is 14.3 Å². The number of thiazole rings is 1. The number of amides is 2. The van der Waals surface area contributed by atoms with Crippen molar-refractivity contribution in [2.45, 2.75) is 59.2 Å². The fourth-order valence-electron chi connectivity index (χ4n) is 3.44. The summed E-state index contributed by atoms with van der Waals surface area (Å²) in [5.41, 5.74) is 1.06. The maximum Gasteiger partial charge on any atom is 0.329 e. The van der Waals surface area contributed by atoms with Crippen molar-refractivity contribution in [3.8, 4) is 10.7 Å². The second kappa shape index (κ2) is 9.12. The Bertz CT molecular complexity index is 878. The zero-order chi connectivity index (χ0) is 21.9. The number of nitrogens with zero attached hydrogens (tertiary/aromatic N) is 4. The first-order chi connectivity index (χ1) is 14.2. The minimum Gasteiger partial charge on any atom is -0.458 e. The fraction of sp³-hybridized carbons (Fsp3) is 0.545. The summed E-state index contributed by atoms with van der Waals surface area (Å²) >= 11 is 1.51. The van der Waals surface area contributed by atoms with Crippen LogP contribution in [-0.4, -0.2) is 56.5 Å². The Morgan fingerprint density at radius 1 is 1.30 bits per heavy atom. The highest BCUT2D eigenvalue weighted by Crippen LogP contribution is 2.26. The van der Waals surface area contributed by atoms with Gasteiger partial charge in [0, 0.05) is 24.7 Å². The van der Waals surface area contributed by atoms with Crippen molar-refractivity contribution in [1.82, 2.24) is 19.8 Å². The highest BCUT2D eigenvalue weighted by atomic mass is 32.1. The molecule has 30 heavy (non-hydrogen) atoms. The number of pyridine rings is 1. The number of ether oxygens (including phenoxy) is 1. The van der Waals surface area contributed by atoms with E-state index >= 15 is 0 Å². The smallest absolute Gasteiger partial charge is 0.329 e. The standard InChI is InChI=1S/C22H30N4O3S/c1-6-15(2)18(20(27)29-22(3,4)5)26-12-11-25(21(26)28)13-16-14-30-19(24-16)17-9-7-8-10-23-17/h7-10,14-15,18H,6,11-13H2,1-5H3/t15-,18-/m0/s1. The van der Waals surface area contributed by atoms with Crippen LogP contribution in [0.2, 0.25) is 0 Å². The molecule has 0 unspecified atom stereocenters. The zero-order valence-corrected chi connectivity index (χ0v) is 19.1. The van der Waals surface area contributed by atoms with Gasteiger partial charge in [0.25, 0.3) is 0 Å². The van der Waals surface area contributed by atoms with Crippen molar-refractivity contribution in [3.05, 3.63) is 35.5 Å². The van der Waals surface area contributed by atoms with E-state index in [0.29, 0.717) is 19.6 Å². The van der Waals surface area contributed by atoms with Gasteiger partial charge in [-0.15, -0.1) is 11.3 Å². The Kier molecular flexibility index (Phi) is 6.75. The maximum atomic E-state index is 13.1. The van der Waals surface area contributed by atoms with Crippen molar-refractivity contribution in [2.75, 3.05) is 13.1 Å². The number of hydrogen-bond acceptors (Lipinski definition) is 6. The van der Waals surface area contributed by atoms with Gasteiger partial charge in [-0.3, -0.25) is 4.98 Å². The first kappa shape index (κ1) is 22.2. The molecule has 1 fully saturated rings. The quantitative estimate of drug-likeness (QED) is 0.616. The lowest BCUT2D eigenvalue weighted by atomic mass is 9.97. The van der Waals surface area contributed by atoms with Gasteiger partial charge in [0.05, 0.1) is 17.9 Å². The third-order valence-corrected chi connectivity index (χ3v) is 6.00. The Morgan fingerprint density at radius 3 is 2.70 bits per heavy atom. The number of urea groups is 1. The number of rotatable bonds is 7. The molecule has 0 aromatic carbocycles. The van der Waals surface area contributed by atoms with Gasteiger partial charge in [0.2, 0.25) is 0 Å². The largest absolute Gasteiger partial charge is 0.458 e. The fourth-order valence-corrected chi connectivity index (χ4v) is 4.23. The minimum absolute atomic E-state index is 0.0128. The molecular formula is C22H30N4O3S. The van der Waals surface area contributed by atoms with E-state index in [1.54, 1.807) is 16.0 Å². The zero-order valence-electron chi connectivity index (χ0n) is 18.3. The van der Waals surface area contributed by atoms with E-state index in [9.17, 15) is 9.59 Å². The lowest BCUT2D eigenvalue weighted by molar-refractivity contribution is -0.162. The lowest BCUT2D eigenvalue weighted by Crippen LogP contribution is -2.49.